The second-order valence-corrected chi connectivity index (χ2v) is 16.9. The highest BCUT2D eigenvalue weighted by Crippen LogP contribution is 2.29. The summed E-state index contributed by atoms with van der Waals surface area (Å²) >= 11 is 1.52. The fourth-order valence-corrected chi connectivity index (χ4v) is 7.61. The van der Waals surface area contributed by atoms with Gasteiger partial charge in [0.25, 0.3) is 5.91 Å². The van der Waals surface area contributed by atoms with E-state index in [0.717, 1.165) is 33.1 Å². The molecule has 5 N–H and O–H groups in total. The molecule has 1 aliphatic heterocycles. The SMILES string of the molecule is Cc1nc(CN2CCN([C@H](C(=O)N[C@@H](Cc3ccccc3)[C@@H](O)CN(Cc3ccc(-c4ccccn4)cc3)NC(=O)[C@@H](NC(=O)O)C(C)C)C(C)(C)C)C2=O)cs1. The van der Waals surface area contributed by atoms with Crippen molar-refractivity contribution in [2.24, 2.45) is 11.3 Å². The summed E-state index contributed by atoms with van der Waals surface area (Å²) in [5.74, 6) is -1.38. The van der Waals surface area contributed by atoms with Crippen LogP contribution in [0.3, 0.4) is 0 Å². The summed E-state index contributed by atoms with van der Waals surface area (Å²) < 4.78 is 0. The van der Waals surface area contributed by atoms with E-state index in [-0.39, 0.29) is 31.5 Å². The molecule has 0 saturated carbocycles. The van der Waals surface area contributed by atoms with Gasteiger partial charge in [-0.25, -0.2) is 19.6 Å². The molecule has 57 heavy (non-hydrogen) atoms. The average molecular weight is 799 g/mol. The maximum absolute atomic E-state index is 14.5. The molecule has 1 aliphatic rings. The third-order valence-corrected chi connectivity index (χ3v) is 10.6. The van der Waals surface area contributed by atoms with E-state index in [1.165, 1.54) is 16.3 Å². The number of hydrogen-bond acceptors (Lipinski definition) is 9. The molecule has 5 rings (SSSR count). The van der Waals surface area contributed by atoms with Gasteiger partial charge in [0.2, 0.25) is 5.91 Å². The molecule has 0 spiro atoms. The molecule has 2 aromatic heterocycles. The summed E-state index contributed by atoms with van der Waals surface area (Å²) in [6.07, 6.45) is -0.595. The van der Waals surface area contributed by atoms with Gasteiger partial charge < -0.3 is 30.6 Å². The fraction of sp³-hybridized carbons (Fsp3) is 0.429. The predicted molar refractivity (Wildman–Crippen MR) is 219 cm³/mol. The zero-order valence-corrected chi connectivity index (χ0v) is 34.2. The Bertz CT molecular complexity index is 1950. The molecule has 304 valence electrons. The van der Waals surface area contributed by atoms with Crippen LogP contribution < -0.4 is 16.1 Å². The van der Waals surface area contributed by atoms with E-state index in [0.29, 0.717) is 19.6 Å². The number of nitrogens with zero attached hydrogens (tertiary/aromatic N) is 5. The van der Waals surface area contributed by atoms with E-state index < -0.39 is 47.6 Å². The standard InChI is InChI=1S/C42H54N8O6S/c1-27(2)36(46-40(54)55)38(52)47-49(23-30-15-17-31(18-16-30)33-14-10-11-19-43-33)25-35(51)34(22-29-12-8-7-9-13-29)45-39(53)37(42(4,5)6)50-21-20-48(41(50)56)24-32-26-57-28(3)44-32/h7-19,26-27,34-37,46,51H,20-25H2,1-6H3,(H,45,53)(H,47,52)(H,54,55)/t34-,35-,36-,37+/m0/s1. The summed E-state index contributed by atoms with van der Waals surface area (Å²) in [7, 11) is 0. The van der Waals surface area contributed by atoms with Gasteiger partial charge in [-0.2, -0.15) is 0 Å². The second kappa shape index (κ2) is 19.2. The first-order valence-corrected chi connectivity index (χ1v) is 20.0. The molecular formula is C42H54N8O6S. The molecule has 0 unspecified atom stereocenters. The number of nitrogens with one attached hydrogen (secondary N) is 3. The molecule has 3 heterocycles. The number of hydrogen-bond donors (Lipinski definition) is 5. The fourth-order valence-electron chi connectivity index (χ4n) is 7.01. The molecule has 4 atom stereocenters. The number of carbonyl (C=O) groups excluding carboxylic acids is 3. The van der Waals surface area contributed by atoms with Crippen molar-refractivity contribution in [1.29, 1.82) is 0 Å². The second-order valence-electron chi connectivity index (χ2n) is 15.8. The van der Waals surface area contributed by atoms with Crippen LogP contribution in [0.1, 0.15) is 56.4 Å². The van der Waals surface area contributed by atoms with Gasteiger partial charge in [-0.3, -0.25) is 20.0 Å². The highest BCUT2D eigenvalue weighted by Gasteiger charge is 2.44. The van der Waals surface area contributed by atoms with Crippen LogP contribution in [0, 0.1) is 18.3 Å². The van der Waals surface area contributed by atoms with Gasteiger partial charge in [-0.1, -0.05) is 95.3 Å². The zero-order chi connectivity index (χ0) is 41.3. The molecule has 4 aromatic rings. The first-order chi connectivity index (χ1) is 27.1. The van der Waals surface area contributed by atoms with Crippen molar-refractivity contribution < 1.29 is 29.4 Å². The summed E-state index contributed by atoms with van der Waals surface area (Å²) in [4.78, 5) is 65.7. The molecule has 15 heteroatoms. The van der Waals surface area contributed by atoms with Crippen LogP contribution in [0.4, 0.5) is 9.59 Å². The minimum absolute atomic E-state index is 0.132. The van der Waals surface area contributed by atoms with Gasteiger partial charge in [-0.05, 0) is 47.9 Å². The smallest absolute Gasteiger partial charge is 0.405 e. The number of thiazole rings is 1. The van der Waals surface area contributed by atoms with Crippen LogP contribution in [-0.4, -0.2) is 103 Å². The molecule has 1 fully saturated rings. The number of carboxylic acid groups (broad SMARTS) is 1. The number of amides is 5. The number of benzene rings is 2. The van der Waals surface area contributed by atoms with Crippen LogP contribution >= 0.6 is 11.3 Å². The monoisotopic (exact) mass is 798 g/mol. The van der Waals surface area contributed by atoms with Crippen molar-refractivity contribution in [3.8, 4) is 11.3 Å². The first kappa shape index (κ1) is 42.8. The van der Waals surface area contributed by atoms with E-state index >= 15 is 0 Å². The van der Waals surface area contributed by atoms with Crippen molar-refractivity contribution in [3.05, 3.63) is 106 Å². The van der Waals surface area contributed by atoms with Crippen LogP contribution in [-0.2, 0) is 29.1 Å². The minimum Gasteiger partial charge on any atom is -0.465 e. The van der Waals surface area contributed by atoms with Crippen LogP contribution in [0.15, 0.2) is 84.4 Å². The van der Waals surface area contributed by atoms with Crippen LogP contribution in [0.2, 0.25) is 0 Å². The number of aliphatic hydroxyl groups is 1. The van der Waals surface area contributed by atoms with Crippen molar-refractivity contribution in [3.63, 3.8) is 0 Å². The molecule has 1 saturated heterocycles. The molecule has 2 aromatic carbocycles. The number of hydrazine groups is 1. The Labute approximate surface area is 338 Å². The average Bonchev–Trinajstić information content (AvgIpc) is 3.74. The highest BCUT2D eigenvalue weighted by molar-refractivity contribution is 7.09. The molecule has 14 nitrogen and oxygen atoms in total. The maximum Gasteiger partial charge on any atom is 0.405 e. The predicted octanol–water partition coefficient (Wildman–Crippen LogP) is 5.08. The number of carbonyl (C=O) groups is 4. The molecule has 5 amide bonds. The summed E-state index contributed by atoms with van der Waals surface area (Å²) in [5, 5.41) is 31.3. The third kappa shape index (κ3) is 11.8. The highest BCUT2D eigenvalue weighted by atomic mass is 32.1. The quantitative estimate of drug-likeness (QED) is 0.0911. The Morgan fingerprint density at radius 3 is 2.23 bits per heavy atom. The van der Waals surface area contributed by atoms with E-state index in [9.17, 15) is 29.4 Å². The summed E-state index contributed by atoms with van der Waals surface area (Å²) in [6, 6.07) is 19.7. The van der Waals surface area contributed by atoms with Crippen LogP contribution in [0.5, 0.6) is 0 Å². The van der Waals surface area contributed by atoms with Crippen molar-refractivity contribution in [2.45, 2.75) is 85.3 Å². The van der Waals surface area contributed by atoms with Crippen molar-refractivity contribution >= 4 is 35.3 Å². The Morgan fingerprint density at radius 2 is 1.63 bits per heavy atom. The summed E-state index contributed by atoms with van der Waals surface area (Å²) in [5.41, 5.74) is 6.35. The maximum atomic E-state index is 14.5. The molecular weight excluding hydrogens is 745 g/mol. The van der Waals surface area contributed by atoms with E-state index in [1.807, 2.05) is 106 Å². The Kier molecular flexibility index (Phi) is 14.4. The lowest BCUT2D eigenvalue weighted by molar-refractivity contribution is -0.132. The van der Waals surface area contributed by atoms with Crippen molar-refractivity contribution in [1.82, 2.24) is 40.8 Å². The molecule has 0 aliphatic carbocycles. The van der Waals surface area contributed by atoms with Crippen molar-refractivity contribution in [2.75, 3.05) is 19.6 Å². The number of aryl methyl sites for hydroxylation is 1. The van der Waals surface area contributed by atoms with E-state index in [2.05, 4.69) is 26.0 Å². The number of rotatable bonds is 17. The van der Waals surface area contributed by atoms with Gasteiger partial charge in [-0.15, -0.1) is 11.3 Å². The lowest BCUT2D eigenvalue weighted by Crippen LogP contribution is -2.60. The van der Waals surface area contributed by atoms with Gasteiger partial charge in [0.15, 0.2) is 0 Å². The van der Waals surface area contributed by atoms with Crippen LogP contribution in [0.25, 0.3) is 11.3 Å². The Hall–Kier alpha value is -5.38. The topological polar surface area (TPSA) is 180 Å². The molecule has 0 radical (unpaired) electrons. The Balaban J connectivity index is 1.40. The van der Waals surface area contributed by atoms with Gasteiger partial charge in [0.05, 0.1) is 35.1 Å². The zero-order valence-electron chi connectivity index (χ0n) is 33.4. The Morgan fingerprint density at radius 1 is 0.930 bits per heavy atom. The number of pyridine rings is 1. The largest absolute Gasteiger partial charge is 0.465 e. The summed E-state index contributed by atoms with van der Waals surface area (Å²) in [6.45, 7) is 12.3. The number of aliphatic hydroxyl groups excluding tert-OH is 1. The molecule has 0 bridgehead atoms. The van der Waals surface area contributed by atoms with E-state index in [1.54, 1.807) is 29.8 Å². The number of aromatic nitrogens is 2. The third-order valence-electron chi connectivity index (χ3n) is 9.81. The van der Waals surface area contributed by atoms with Gasteiger partial charge in [0.1, 0.15) is 12.1 Å². The lowest BCUT2D eigenvalue weighted by atomic mass is 9.84. The lowest BCUT2D eigenvalue weighted by Gasteiger charge is -2.38. The van der Waals surface area contributed by atoms with Gasteiger partial charge in [0, 0.05) is 43.3 Å². The first-order valence-electron chi connectivity index (χ1n) is 19.1. The van der Waals surface area contributed by atoms with E-state index in [4.69, 9.17) is 0 Å². The number of urea groups is 1. The van der Waals surface area contributed by atoms with Gasteiger partial charge >= 0.3 is 12.1 Å². The normalized spacial score (nSPS) is 15.4. The minimum atomic E-state index is -1.34.